The van der Waals surface area contributed by atoms with E-state index in [1.165, 1.54) is 18.1 Å². The van der Waals surface area contributed by atoms with Crippen LogP contribution in [0.2, 0.25) is 0 Å². The number of carboxylic acids is 1. The third-order valence-electron chi connectivity index (χ3n) is 2.74. The van der Waals surface area contributed by atoms with E-state index < -0.39 is 12.1 Å². The first-order valence-corrected chi connectivity index (χ1v) is 5.73. The molecule has 8 heteroatoms. The molecule has 104 valence electrons. The van der Waals surface area contributed by atoms with E-state index in [9.17, 15) is 9.59 Å². The van der Waals surface area contributed by atoms with E-state index in [-0.39, 0.29) is 30.5 Å². The third kappa shape index (κ3) is 3.22. The molecule has 1 N–H and O–H groups in total. The number of carboxylic acid groups (broad SMARTS) is 1. The Morgan fingerprint density at radius 3 is 3.05 bits per heavy atom. The van der Waals surface area contributed by atoms with Crippen LogP contribution in [0.25, 0.3) is 0 Å². The van der Waals surface area contributed by atoms with Crippen LogP contribution in [0, 0.1) is 0 Å². The molecule has 1 saturated heterocycles. The number of carbonyl (C=O) groups is 2. The van der Waals surface area contributed by atoms with Gasteiger partial charge in [-0.1, -0.05) is 0 Å². The molecule has 1 aromatic rings. The van der Waals surface area contributed by atoms with Crippen molar-refractivity contribution < 1.29 is 28.7 Å². The van der Waals surface area contributed by atoms with E-state index in [1.807, 2.05) is 0 Å². The Balaban J connectivity index is 2.00. The molecule has 0 saturated carbocycles. The number of nitrogens with zero attached hydrogens (tertiary/aromatic N) is 2. The van der Waals surface area contributed by atoms with Crippen molar-refractivity contribution >= 4 is 11.9 Å². The molecule has 19 heavy (non-hydrogen) atoms. The van der Waals surface area contributed by atoms with Crippen LogP contribution in [0.4, 0.5) is 0 Å². The molecule has 1 fully saturated rings. The summed E-state index contributed by atoms with van der Waals surface area (Å²) in [7, 11) is 1.42. The molecule has 0 bridgehead atoms. The minimum absolute atomic E-state index is 0.0628. The zero-order chi connectivity index (χ0) is 13.8. The van der Waals surface area contributed by atoms with E-state index in [0.29, 0.717) is 13.2 Å². The molecule has 1 aliphatic heterocycles. The van der Waals surface area contributed by atoms with Gasteiger partial charge in [0.2, 0.25) is 5.76 Å². The van der Waals surface area contributed by atoms with Gasteiger partial charge in [-0.25, -0.2) is 0 Å². The summed E-state index contributed by atoms with van der Waals surface area (Å²) in [5, 5.41) is 12.3. The van der Waals surface area contributed by atoms with Gasteiger partial charge in [0.1, 0.15) is 0 Å². The van der Waals surface area contributed by atoms with Crippen LogP contribution in [0.5, 0.6) is 5.88 Å². The third-order valence-corrected chi connectivity index (χ3v) is 2.74. The normalized spacial score (nSPS) is 19.2. The molecular formula is C11H14N2O6. The second kappa shape index (κ2) is 5.70. The fourth-order valence-corrected chi connectivity index (χ4v) is 1.83. The lowest BCUT2D eigenvalue weighted by molar-refractivity contribution is -0.141. The van der Waals surface area contributed by atoms with E-state index in [1.54, 1.807) is 0 Å². The Hall–Kier alpha value is -2.09. The maximum Gasteiger partial charge on any atom is 0.306 e. The van der Waals surface area contributed by atoms with Gasteiger partial charge in [0.05, 0.1) is 32.3 Å². The summed E-state index contributed by atoms with van der Waals surface area (Å²) in [5.74, 6) is -1.03. The molecule has 1 aromatic heterocycles. The molecule has 2 rings (SSSR count). The van der Waals surface area contributed by atoms with Gasteiger partial charge < -0.3 is 24.0 Å². The van der Waals surface area contributed by atoms with Crippen LogP contribution in [0.1, 0.15) is 17.0 Å². The lowest BCUT2D eigenvalue weighted by Crippen LogP contribution is -2.46. The first-order valence-electron chi connectivity index (χ1n) is 5.73. The number of rotatable bonds is 4. The standard InChI is InChI=1S/C11H14N2O6/c1-17-9-5-8(19-12-9)11(16)13-2-3-18-7(6-13)4-10(14)15/h5,7H,2-4,6H2,1H3,(H,14,15). The molecule has 1 atom stereocenters. The minimum atomic E-state index is -0.958. The predicted molar refractivity (Wildman–Crippen MR) is 61.0 cm³/mol. The quantitative estimate of drug-likeness (QED) is 0.821. The molecule has 1 aliphatic rings. The van der Waals surface area contributed by atoms with Crippen molar-refractivity contribution in [3.05, 3.63) is 11.8 Å². The lowest BCUT2D eigenvalue weighted by Gasteiger charge is -2.31. The van der Waals surface area contributed by atoms with Gasteiger partial charge in [0, 0.05) is 13.1 Å². The molecule has 0 spiro atoms. The molecule has 0 aromatic carbocycles. The van der Waals surface area contributed by atoms with E-state index >= 15 is 0 Å². The second-order valence-electron chi connectivity index (χ2n) is 4.08. The highest BCUT2D eigenvalue weighted by Gasteiger charge is 2.28. The maximum atomic E-state index is 12.1. The highest BCUT2D eigenvalue weighted by Crippen LogP contribution is 2.16. The summed E-state index contributed by atoms with van der Waals surface area (Å²) >= 11 is 0. The smallest absolute Gasteiger partial charge is 0.306 e. The van der Waals surface area contributed by atoms with Crippen molar-refractivity contribution in [1.29, 1.82) is 0 Å². The van der Waals surface area contributed by atoms with Crippen molar-refractivity contribution in [2.45, 2.75) is 12.5 Å². The number of methoxy groups -OCH3 is 1. The zero-order valence-corrected chi connectivity index (χ0v) is 10.4. The summed E-state index contributed by atoms with van der Waals surface area (Å²) in [6.07, 6.45) is -0.635. The van der Waals surface area contributed by atoms with Crippen molar-refractivity contribution in [3.63, 3.8) is 0 Å². The molecule has 1 amide bonds. The zero-order valence-electron chi connectivity index (χ0n) is 10.4. The number of amides is 1. The van der Waals surface area contributed by atoms with Crippen molar-refractivity contribution in [3.8, 4) is 5.88 Å². The van der Waals surface area contributed by atoms with E-state index in [2.05, 4.69) is 5.16 Å². The highest BCUT2D eigenvalue weighted by atomic mass is 16.5. The molecular weight excluding hydrogens is 256 g/mol. The van der Waals surface area contributed by atoms with Gasteiger partial charge >= 0.3 is 5.97 Å². The molecule has 0 aliphatic carbocycles. The van der Waals surface area contributed by atoms with Gasteiger partial charge in [-0.2, -0.15) is 0 Å². The number of hydrogen-bond acceptors (Lipinski definition) is 6. The monoisotopic (exact) mass is 270 g/mol. The summed E-state index contributed by atoms with van der Waals surface area (Å²) in [4.78, 5) is 24.2. The molecule has 8 nitrogen and oxygen atoms in total. The Morgan fingerprint density at radius 1 is 1.63 bits per heavy atom. The van der Waals surface area contributed by atoms with Gasteiger partial charge in [-0.3, -0.25) is 9.59 Å². The number of ether oxygens (including phenoxy) is 2. The number of aromatic nitrogens is 1. The van der Waals surface area contributed by atoms with Gasteiger partial charge in [0.25, 0.3) is 11.8 Å². The fourth-order valence-electron chi connectivity index (χ4n) is 1.83. The average molecular weight is 270 g/mol. The number of morpholine rings is 1. The SMILES string of the molecule is COc1cc(C(=O)N2CCOC(CC(=O)O)C2)on1. The fraction of sp³-hybridized carbons (Fsp3) is 0.545. The summed E-state index contributed by atoms with van der Waals surface area (Å²) in [5.41, 5.74) is 0. The number of hydrogen-bond donors (Lipinski definition) is 1. The minimum Gasteiger partial charge on any atom is -0.481 e. The summed E-state index contributed by atoms with van der Waals surface area (Å²) in [6.45, 7) is 0.904. The highest BCUT2D eigenvalue weighted by molar-refractivity contribution is 5.91. The average Bonchev–Trinajstić information content (AvgIpc) is 2.86. The van der Waals surface area contributed by atoms with Crippen LogP contribution in [-0.4, -0.2) is 59.9 Å². The number of carbonyl (C=O) groups excluding carboxylic acids is 1. The van der Waals surface area contributed by atoms with E-state index in [4.69, 9.17) is 19.1 Å². The van der Waals surface area contributed by atoms with Gasteiger partial charge in [-0.05, 0) is 5.16 Å². The van der Waals surface area contributed by atoms with Crippen molar-refractivity contribution in [1.82, 2.24) is 10.1 Å². The Kier molecular flexibility index (Phi) is 4.00. The molecule has 2 heterocycles. The molecule has 1 unspecified atom stereocenters. The lowest BCUT2D eigenvalue weighted by atomic mass is 10.2. The first-order chi connectivity index (χ1) is 9.10. The van der Waals surface area contributed by atoms with Crippen LogP contribution in [-0.2, 0) is 9.53 Å². The Labute approximate surface area is 108 Å². The summed E-state index contributed by atoms with van der Waals surface area (Å²) < 4.78 is 15.0. The maximum absolute atomic E-state index is 12.1. The Morgan fingerprint density at radius 2 is 2.42 bits per heavy atom. The van der Waals surface area contributed by atoms with Crippen molar-refractivity contribution in [2.24, 2.45) is 0 Å². The van der Waals surface area contributed by atoms with Gasteiger partial charge in [-0.15, -0.1) is 0 Å². The van der Waals surface area contributed by atoms with Crippen LogP contribution in [0.15, 0.2) is 10.6 Å². The molecule has 0 radical (unpaired) electrons. The topological polar surface area (TPSA) is 102 Å². The predicted octanol–water partition coefficient (Wildman–Crippen LogP) is -0.00110. The van der Waals surface area contributed by atoms with Crippen LogP contribution < -0.4 is 4.74 Å². The summed E-state index contributed by atoms with van der Waals surface area (Å²) in [6, 6.07) is 1.39. The second-order valence-corrected chi connectivity index (χ2v) is 4.08. The van der Waals surface area contributed by atoms with Crippen LogP contribution in [0.3, 0.4) is 0 Å². The van der Waals surface area contributed by atoms with E-state index in [0.717, 1.165) is 0 Å². The van der Waals surface area contributed by atoms with Gasteiger partial charge in [0.15, 0.2) is 0 Å². The van der Waals surface area contributed by atoms with Crippen molar-refractivity contribution in [2.75, 3.05) is 26.8 Å². The Bertz CT molecular complexity index is 472. The van der Waals surface area contributed by atoms with Crippen LogP contribution >= 0.6 is 0 Å². The number of aliphatic carboxylic acids is 1. The largest absolute Gasteiger partial charge is 0.481 e. The first kappa shape index (κ1) is 13.3.